The first kappa shape index (κ1) is 21.1. The van der Waals surface area contributed by atoms with E-state index in [0.29, 0.717) is 23.4 Å². The average molecular weight is 442 g/mol. The minimum atomic E-state index is -3.08. The number of amides is 1. The number of hydrogen-bond acceptors (Lipinski definition) is 7. The fourth-order valence-electron chi connectivity index (χ4n) is 2.92. The minimum Gasteiger partial charge on any atom is -0.467 e. The Kier molecular flexibility index (Phi) is 6.43. The number of esters is 1. The molecule has 156 valence electrons. The highest BCUT2D eigenvalue weighted by Gasteiger charge is 2.31. The van der Waals surface area contributed by atoms with Crippen LogP contribution in [0.4, 0.5) is 0 Å². The smallest absolute Gasteiger partial charge is 0.331 e. The van der Waals surface area contributed by atoms with Crippen LogP contribution in [0.1, 0.15) is 29.5 Å². The van der Waals surface area contributed by atoms with Gasteiger partial charge in [-0.3, -0.25) is 4.79 Å². The molecule has 3 rings (SSSR count). The highest BCUT2D eigenvalue weighted by Crippen LogP contribution is 2.30. The number of halogens is 1. The first-order valence-corrected chi connectivity index (χ1v) is 11.0. The monoisotopic (exact) mass is 441 g/mol. The summed E-state index contributed by atoms with van der Waals surface area (Å²) in [6.07, 6.45) is 4.52. The van der Waals surface area contributed by atoms with Gasteiger partial charge in [0.15, 0.2) is 16.4 Å². The first-order chi connectivity index (χ1) is 13.7. The summed E-state index contributed by atoms with van der Waals surface area (Å²) in [6.45, 7) is 1.47. The molecule has 0 spiro atoms. The number of ether oxygens (including phenoxy) is 1. The molecule has 0 radical (unpaired) electrons. The summed E-state index contributed by atoms with van der Waals surface area (Å²) >= 11 is 6.33. The number of rotatable bonds is 7. The number of carbonyl (C=O) groups is 2. The molecule has 29 heavy (non-hydrogen) atoms. The number of aryl methyl sites for hydroxylation is 1. The molecule has 1 amide bonds. The quantitative estimate of drug-likeness (QED) is 0.512. The maximum atomic E-state index is 11.9. The number of furan rings is 1. The number of carbonyl (C=O) groups excluding carboxylic acids is 2. The predicted octanol–water partition coefficient (Wildman–Crippen LogP) is 1.67. The van der Waals surface area contributed by atoms with Gasteiger partial charge in [-0.05, 0) is 31.6 Å². The summed E-state index contributed by atoms with van der Waals surface area (Å²) in [6, 6.07) is 3.09. The molecule has 9 nitrogen and oxygen atoms in total. The number of aromatic nitrogens is 2. The van der Waals surface area contributed by atoms with Crippen molar-refractivity contribution in [2.24, 2.45) is 0 Å². The van der Waals surface area contributed by atoms with Crippen molar-refractivity contribution in [1.29, 1.82) is 0 Å². The van der Waals surface area contributed by atoms with Crippen LogP contribution in [0, 0.1) is 6.92 Å². The van der Waals surface area contributed by atoms with Crippen LogP contribution in [0.3, 0.4) is 0 Å². The summed E-state index contributed by atoms with van der Waals surface area (Å²) < 4.78 is 34.8. The molecule has 0 saturated carbocycles. The van der Waals surface area contributed by atoms with Crippen molar-refractivity contribution >= 4 is 39.4 Å². The maximum Gasteiger partial charge on any atom is 0.331 e. The van der Waals surface area contributed by atoms with E-state index in [-0.39, 0.29) is 29.2 Å². The van der Waals surface area contributed by atoms with E-state index in [2.05, 4.69) is 10.4 Å². The van der Waals surface area contributed by atoms with Gasteiger partial charge >= 0.3 is 5.97 Å². The molecule has 1 aliphatic rings. The summed E-state index contributed by atoms with van der Waals surface area (Å²) in [5, 5.41) is 7.11. The number of hydrogen-bond donors (Lipinski definition) is 1. The standard InChI is InChI=1S/C18H20ClN3O6S/c1-12-15(18(19)22(21-12)13-6-8-29(25,26)11-13)4-5-17(24)28-10-16(23)20-9-14-3-2-7-27-14/h2-5,7,13H,6,8-11H2,1H3,(H,20,23). The molecule has 0 aliphatic carbocycles. The molecule has 2 aromatic rings. The second-order valence-electron chi connectivity index (χ2n) is 6.59. The van der Waals surface area contributed by atoms with E-state index >= 15 is 0 Å². The SMILES string of the molecule is Cc1nn(C2CCS(=O)(=O)C2)c(Cl)c1C=CC(=O)OCC(=O)NCc1ccco1. The normalized spacial score (nSPS) is 18.2. The van der Waals surface area contributed by atoms with Gasteiger partial charge in [0.25, 0.3) is 5.91 Å². The Morgan fingerprint density at radius 3 is 2.93 bits per heavy atom. The lowest BCUT2D eigenvalue weighted by molar-refractivity contribution is -0.143. The third-order valence-corrected chi connectivity index (χ3v) is 6.52. The number of nitrogens with zero attached hydrogens (tertiary/aromatic N) is 2. The summed E-state index contributed by atoms with van der Waals surface area (Å²) in [4.78, 5) is 23.6. The lowest BCUT2D eigenvalue weighted by atomic mass is 10.2. The van der Waals surface area contributed by atoms with Gasteiger partial charge in [0.05, 0.1) is 36.0 Å². The third kappa shape index (κ3) is 5.48. The second kappa shape index (κ2) is 8.83. The molecule has 2 aromatic heterocycles. The molecule has 3 heterocycles. The maximum absolute atomic E-state index is 11.9. The van der Waals surface area contributed by atoms with E-state index in [0.717, 1.165) is 6.08 Å². The first-order valence-electron chi connectivity index (χ1n) is 8.84. The average Bonchev–Trinajstić information content (AvgIpc) is 3.37. The van der Waals surface area contributed by atoms with E-state index in [1.54, 1.807) is 19.1 Å². The van der Waals surface area contributed by atoms with Crippen LogP contribution in [-0.4, -0.2) is 48.2 Å². The molecule has 1 fully saturated rings. The lowest BCUT2D eigenvalue weighted by Gasteiger charge is -2.09. The summed E-state index contributed by atoms with van der Waals surface area (Å²) in [5.41, 5.74) is 1.05. The zero-order valence-electron chi connectivity index (χ0n) is 15.6. The Bertz CT molecular complexity index is 1030. The summed E-state index contributed by atoms with van der Waals surface area (Å²) in [5.74, 6) is -0.502. The van der Waals surface area contributed by atoms with Crippen molar-refractivity contribution in [2.45, 2.75) is 25.9 Å². The van der Waals surface area contributed by atoms with Crippen molar-refractivity contribution in [3.8, 4) is 0 Å². The minimum absolute atomic E-state index is 0.00778. The van der Waals surface area contributed by atoms with Crippen LogP contribution < -0.4 is 5.32 Å². The van der Waals surface area contributed by atoms with Crippen LogP contribution in [0.2, 0.25) is 5.15 Å². The highest BCUT2D eigenvalue weighted by molar-refractivity contribution is 7.91. The van der Waals surface area contributed by atoms with Crippen molar-refractivity contribution in [1.82, 2.24) is 15.1 Å². The van der Waals surface area contributed by atoms with Gasteiger partial charge in [-0.15, -0.1) is 0 Å². The molecule has 0 aromatic carbocycles. The van der Waals surface area contributed by atoms with Crippen molar-refractivity contribution in [3.05, 3.63) is 46.6 Å². The fourth-order valence-corrected chi connectivity index (χ4v) is 4.99. The van der Waals surface area contributed by atoms with Crippen LogP contribution in [0.5, 0.6) is 0 Å². The van der Waals surface area contributed by atoms with E-state index in [4.69, 9.17) is 20.8 Å². The van der Waals surface area contributed by atoms with Crippen molar-refractivity contribution in [2.75, 3.05) is 18.1 Å². The van der Waals surface area contributed by atoms with Gasteiger partial charge < -0.3 is 14.5 Å². The van der Waals surface area contributed by atoms with Gasteiger partial charge in [-0.25, -0.2) is 17.9 Å². The van der Waals surface area contributed by atoms with Crippen LogP contribution in [0.15, 0.2) is 28.9 Å². The topological polar surface area (TPSA) is 121 Å². The molecule has 0 bridgehead atoms. The third-order valence-electron chi connectivity index (χ3n) is 4.40. The Hall–Kier alpha value is -2.59. The van der Waals surface area contributed by atoms with Gasteiger partial charge in [-0.1, -0.05) is 11.6 Å². The Morgan fingerprint density at radius 2 is 2.28 bits per heavy atom. The Morgan fingerprint density at radius 1 is 1.48 bits per heavy atom. The van der Waals surface area contributed by atoms with E-state index in [1.807, 2.05) is 0 Å². The molecular formula is C18H20ClN3O6S. The molecule has 1 N–H and O–H groups in total. The molecular weight excluding hydrogens is 422 g/mol. The van der Waals surface area contributed by atoms with E-state index in [9.17, 15) is 18.0 Å². The number of nitrogens with one attached hydrogen (secondary N) is 1. The van der Waals surface area contributed by atoms with Crippen LogP contribution in [-0.2, 0) is 30.7 Å². The zero-order chi connectivity index (χ0) is 21.0. The van der Waals surface area contributed by atoms with Crippen LogP contribution >= 0.6 is 11.6 Å². The van der Waals surface area contributed by atoms with Crippen LogP contribution in [0.25, 0.3) is 6.08 Å². The van der Waals surface area contributed by atoms with E-state index < -0.39 is 28.3 Å². The fraction of sp³-hybridized carbons (Fsp3) is 0.389. The Labute approximate surface area is 172 Å². The summed E-state index contributed by atoms with van der Waals surface area (Å²) in [7, 11) is -3.08. The molecule has 1 aliphatic heterocycles. The molecule has 11 heteroatoms. The van der Waals surface area contributed by atoms with Gasteiger partial charge in [-0.2, -0.15) is 5.10 Å². The van der Waals surface area contributed by atoms with Crippen molar-refractivity contribution in [3.63, 3.8) is 0 Å². The van der Waals surface area contributed by atoms with Gasteiger partial charge in [0, 0.05) is 11.6 Å². The van der Waals surface area contributed by atoms with E-state index in [1.165, 1.54) is 17.0 Å². The van der Waals surface area contributed by atoms with Gasteiger partial charge in [0.2, 0.25) is 0 Å². The Balaban J connectivity index is 1.54. The number of sulfone groups is 1. The van der Waals surface area contributed by atoms with Gasteiger partial charge in [0.1, 0.15) is 10.9 Å². The molecule has 1 unspecified atom stereocenters. The highest BCUT2D eigenvalue weighted by atomic mass is 35.5. The lowest BCUT2D eigenvalue weighted by Crippen LogP contribution is -2.27. The zero-order valence-corrected chi connectivity index (χ0v) is 17.2. The molecule has 1 atom stereocenters. The largest absolute Gasteiger partial charge is 0.467 e. The predicted molar refractivity (Wildman–Crippen MR) is 105 cm³/mol. The second-order valence-corrected chi connectivity index (χ2v) is 9.18. The molecule has 1 saturated heterocycles. The van der Waals surface area contributed by atoms with Crippen molar-refractivity contribution < 1.29 is 27.2 Å².